The number of β-amino-alcohol motifs (C(OH)–C–C–N with tert-alkyl or cyclic N) is 1. The molecule has 4 N–H and O–H groups in total. The molecule has 0 radical (unpaired) electrons. The minimum Gasteiger partial charge on any atom is -0.389 e. The van der Waals surface area contributed by atoms with Gasteiger partial charge in [-0.3, -0.25) is 19.1 Å². The average Bonchev–Trinajstić information content (AvgIpc) is 3.31. The zero-order valence-electron chi connectivity index (χ0n) is 24.7. The number of nitrogens with one attached hydrogen (secondary N) is 1. The van der Waals surface area contributed by atoms with E-state index in [1.807, 2.05) is 4.90 Å². The fourth-order valence-corrected chi connectivity index (χ4v) is 7.50. The molecule has 0 aliphatic carbocycles. The summed E-state index contributed by atoms with van der Waals surface area (Å²) in [4.78, 5) is 34.3. The summed E-state index contributed by atoms with van der Waals surface area (Å²) in [5.41, 5.74) is 7.02. The van der Waals surface area contributed by atoms with Crippen molar-refractivity contribution in [3.8, 4) is 0 Å². The Morgan fingerprint density at radius 3 is 2.30 bits per heavy atom. The van der Waals surface area contributed by atoms with Gasteiger partial charge in [0.1, 0.15) is 12.2 Å². The maximum atomic E-state index is 15.3. The number of aliphatic hydroxyl groups excluding tert-OH is 1. The molecule has 1 unspecified atom stereocenters. The zero-order valence-corrected chi connectivity index (χ0v) is 24.7. The first-order valence-corrected chi connectivity index (χ1v) is 15.8. The number of nitrogens with zero attached hydrogens (tertiary/aromatic N) is 6. The predicted octanol–water partition coefficient (Wildman–Crippen LogP) is 3.07. The second-order valence-corrected chi connectivity index (χ2v) is 12.7. The summed E-state index contributed by atoms with van der Waals surface area (Å²) in [6.45, 7) is 3.33. The summed E-state index contributed by atoms with van der Waals surface area (Å²) >= 11 is 0. The molecule has 234 valence electrons. The van der Waals surface area contributed by atoms with Crippen LogP contribution in [0.4, 0.5) is 31.8 Å². The van der Waals surface area contributed by atoms with Crippen LogP contribution in [0.2, 0.25) is 0 Å². The van der Waals surface area contributed by atoms with Crippen LogP contribution in [0.15, 0.2) is 12.4 Å². The monoisotopic (exact) mass is 601 g/mol. The third kappa shape index (κ3) is 5.93. The lowest BCUT2D eigenvalue weighted by Crippen LogP contribution is -2.59. The number of quaternary nitrogens is 1. The molecular formula is C30H43F2N8O3+. The summed E-state index contributed by atoms with van der Waals surface area (Å²) < 4.78 is 32.4. The number of nitrogens with two attached hydrogens (primary N) is 1. The topological polar surface area (TPSA) is 130 Å². The van der Waals surface area contributed by atoms with Gasteiger partial charge in [-0.1, -0.05) is 19.3 Å². The lowest BCUT2D eigenvalue weighted by molar-refractivity contribution is -0.146. The van der Waals surface area contributed by atoms with Crippen molar-refractivity contribution >= 4 is 34.8 Å². The standard InChI is InChI=1S/C30H42F2N8O3/c31-21-16-39-29(40(19-21)12-6-4-2-1-3-5-7-13-40)25(27(33)36-39)28(42)35-24-15-34-14-23(32)26(24)37-10-8-20(9-11-37)30(43)38-17-22(41)18-38/h14-15,20-22,41H,1-13,16-19H2,(H2-,33,35,36,42)/p+1. The molecule has 0 saturated carbocycles. The Hall–Kier alpha value is -3.32. The average molecular weight is 602 g/mol. The number of pyridine rings is 1. The number of piperidine rings is 1. The molecule has 43 heavy (non-hydrogen) atoms. The molecule has 4 aliphatic rings. The zero-order chi connectivity index (χ0) is 30.1. The van der Waals surface area contributed by atoms with E-state index >= 15 is 8.78 Å². The Balaban J connectivity index is 1.24. The number of halogens is 2. The molecule has 4 aliphatic heterocycles. The highest BCUT2D eigenvalue weighted by atomic mass is 19.1. The number of nitrogen functional groups attached to an aromatic ring is 1. The highest BCUT2D eigenvalue weighted by Crippen LogP contribution is 2.39. The summed E-state index contributed by atoms with van der Waals surface area (Å²) in [5, 5.41) is 16.9. The van der Waals surface area contributed by atoms with Crippen molar-refractivity contribution in [3.05, 3.63) is 23.8 Å². The number of amides is 2. The third-order valence-electron chi connectivity index (χ3n) is 9.68. The molecule has 1 spiro atoms. The van der Waals surface area contributed by atoms with Gasteiger partial charge in [0.15, 0.2) is 23.4 Å². The van der Waals surface area contributed by atoms with E-state index < -0.39 is 24.0 Å². The van der Waals surface area contributed by atoms with Crippen LogP contribution in [0.25, 0.3) is 0 Å². The Kier molecular flexibility index (Phi) is 8.54. The number of likely N-dealkylation sites (tertiary alicyclic amines) is 1. The lowest BCUT2D eigenvalue weighted by atomic mass is 9.93. The molecule has 2 aromatic rings. The van der Waals surface area contributed by atoms with Gasteiger partial charge in [0, 0.05) is 32.1 Å². The van der Waals surface area contributed by atoms with Crippen LogP contribution in [0.5, 0.6) is 0 Å². The molecular weight excluding hydrogens is 558 g/mol. The van der Waals surface area contributed by atoms with Gasteiger partial charge >= 0.3 is 0 Å². The molecule has 11 nitrogen and oxygen atoms in total. The lowest BCUT2D eigenvalue weighted by Gasteiger charge is -2.42. The van der Waals surface area contributed by atoms with E-state index in [1.54, 1.807) is 9.58 Å². The molecule has 3 fully saturated rings. The largest absolute Gasteiger partial charge is 0.389 e. The molecule has 6 heterocycles. The minimum absolute atomic E-state index is 0.0262. The molecule has 0 bridgehead atoms. The van der Waals surface area contributed by atoms with Crippen LogP contribution in [-0.2, 0) is 11.3 Å². The van der Waals surface area contributed by atoms with Crippen molar-refractivity contribution in [2.45, 2.75) is 76.6 Å². The van der Waals surface area contributed by atoms with Gasteiger partial charge in [-0.25, -0.2) is 13.5 Å². The summed E-state index contributed by atoms with van der Waals surface area (Å²) in [7, 11) is 0. The predicted molar refractivity (Wildman–Crippen MR) is 160 cm³/mol. The second kappa shape index (κ2) is 12.4. The number of carbonyl (C=O) groups excluding carboxylic acids is 2. The third-order valence-corrected chi connectivity index (χ3v) is 9.68. The van der Waals surface area contributed by atoms with Crippen molar-refractivity contribution < 1.29 is 23.5 Å². The first-order chi connectivity index (χ1) is 20.8. The van der Waals surface area contributed by atoms with Crippen molar-refractivity contribution in [2.75, 3.05) is 61.8 Å². The molecule has 0 aromatic carbocycles. The van der Waals surface area contributed by atoms with Gasteiger partial charge in [0.05, 0.1) is 43.8 Å². The van der Waals surface area contributed by atoms with E-state index in [4.69, 9.17) is 5.73 Å². The number of aromatic nitrogens is 3. The molecule has 3 saturated heterocycles. The van der Waals surface area contributed by atoms with E-state index in [-0.39, 0.29) is 47.7 Å². The highest BCUT2D eigenvalue weighted by molar-refractivity contribution is 6.11. The van der Waals surface area contributed by atoms with Crippen LogP contribution < -0.4 is 20.4 Å². The van der Waals surface area contributed by atoms with Crippen molar-refractivity contribution in [1.82, 2.24) is 24.1 Å². The molecule has 2 aromatic heterocycles. The normalized spacial score (nSPS) is 23.5. The smallest absolute Gasteiger partial charge is 0.267 e. The second-order valence-electron chi connectivity index (χ2n) is 12.7. The number of aliphatic hydroxyl groups is 1. The fraction of sp³-hybridized carbons (Fsp3) is 0.667. The van der Waals surface area contributed by atoms with Crippen molar-refractivity contribution in [1.29, 1.82) is 0 Å². The minimum atomic E-state index is -1.09. The Morgan fingerprint density at radius 1 is 1.00 bits per heavy atom. The van der Waals surface area contributed by atoms with Gasteiger partial charge in [0.2, 0.25) is 11.7 Å². The molecule has 13 heteroatoms. The van der Waals surface area contributed by atoms with Crippen LogP contribution >= 0.6 is 0 Å². The van der Waals surface area contributed by atoms with Crippen LogP contribution in [0.3, 0.4) is 0 Å². The van der Waals surface area contributed by atoms with Crippen LogP contribution in [0.1, 0.15) is 68.1 Å². The Morgan fingerprint density at radius 2 is 1.65 bits per heavy atom. The van der Waals surface area contributed by atoms with Crippen molar-refractivity contribution in [3.63, 3.8) is 0 Å². The number of carbonyl (C=O) groups is 2. The molecule has 6 rings (SSSR count). The van der Waals surface area contributed by atoms with E-state index in [2.05, 4.69) is 15.4 Å². The summed E-state index contributed by atoms with van der Waals surface area (Å²) in [5.74, 6) is -0.559. The van der Waals surface area contributed by atoms with Crippen LogP contribution in [-0.4, -0.2) is 94.7 Å². The number of hydrogen-bond acceptors (Lipinski definition) is 7. The van der Waals surface area contributed by atoms with Gasteiger partial charge in [-0.05, 0) is 38.5 Å². The number of hydrogen-bond donors (Lipinski definition) is 3. The van der Waals surface area contributed by atoms with E-state index in [9.17, 15) is 14.7 Å². The highest BCUT2D eigenvalue weighted by Gasteiger charge is 2.46. The van der Waals surface area contributed by atoms with E-state index in [0.29, 0.717) is 62.4 Å². The van der Waals surface area contributed by atoms with E-state index in [0.717, 1.165) is 44.7 Å². The van der Waals surface area contributed by atoms with Crippen molar-refractivity contribution in [2.24, 2.45) is 5.92 Å². The van der Waals surface area contributed by atoms with Gasteiger partial charge in [-0.15, -0.1) is 5.10 Å². The SMILES string of the molecule is Nc1nn2c(c1C(=O)Nc1cncc(F)c1N1CCC(C(=O)N3CC(O)C3)CC1)[N+]1(CCCCCCCCC1)CC(F)C2. The number of rotatable bonds is 4. The summed E-state index contributed by atoms with van der Waals surface area (Å²) in [6.07, 6.45) is 9.54. The van der Waals surface area contributed by atoms with E-state index in [1.165, 1.54) is 12.6 Å². The fourth-order valence-electron chi connectivity index (χ4n) is 7.50. The Bertz CT molecular complexity index is 1330. The maximum Gasteiger partial charge on any atom is 0.267 e. The number of alkyl halides is 1. The quantitative estimate of drug-likeness (QED) is 0.460. The number of anilines is 3. The first-order valence-electron chi connectivity index (χ1n) is 15.8. The van der Waals surface area contributed by atoms with Gasteiger partial charge < -0.3 is 26.0 Å². The van der Waals surface area contributed by atoms with Gasteiger partial charge in [0.25, 0.3) is 5.91 Å². The first kappa shape index (κ1) is 29.7. The Labute approximate surface area is 250 Å². The maximum absolute atomic E-state index is 15.3. The van der Waals surface area contributed by atoms with Crippen LogP contribution in [0, 0.1) is 11.7 Å². The van der Waals surface area contributed by atoms with Gasteiger partial charge in [-0.2, -0.15) is 0 Å². The summed E-state index contributed by atoms with van der Waals surface area (Å²) in [6, 6.07) is 0. The molecule has 1 atom stereocenters. The molecule has 2 amide bonds. The number of fused-ring (bicyclic) bond motifs is 2.